The molecule has 118 valence electrons. The van der Waals surface area contributed by atoms with Gasteiger partial charge in [-0.3, -0.25) is 9.80 Å². The average molecular weight is 291 g/mol. The Morgan fingerprint density at radius 2 is 2.14 bits per heavy atom. The van der Waals surface area contributed by atoms with Crippen molar-refractivity contribution >= 4 is 0 Å². The third-order valence-electron chi connectivity index (χ3n) is 5.04. The summed E-state index contributed by atoms with van der Waals surface area (Å²) in [4.78, 5) is 9.80. The maximum absolute atomic E-state index is 4.47. The van der Waals surface area contributed by atoms with Gasteiger partial charge in [-0.15, -0.1) is 0 Å². The second-order valence-electron chi connectivity index (χ2n) is 6.46. The predicted octanol–water partition coefficient (Wildman–Crippen LogP) is 0.721. The van der Waals surface area contributed by atoms with E-state index in [-0.39, 0.29) is 0 Å². The lowest BCUT2D eigenvalue weighted by molar-refractivity contribution is -0.00446. The van der Waals surface area contributed by atoms with E-state index < -0.39 is 0 Å². The van der Waals surface area contributed by atoms with Crippen molar-refractivity contribution < 1.29 is 0 Å². The number of hydrogen-bond acceptors (Lipinski definition) is 4. The Morgan fingerprint density at radius 1 is 1.33 bits per heavy atom. The minimum absolute atomic E-state index is 0.588. The molecule has 3 aliphatic heterocycles. The van der Waals surface area contributed by atoms with Gasteiger partial charge in [0, 0.05) is 70.7 Å². The van der Waals surface area contributed by atoms with Gasteiger partial charge in [-0.25, -0.2) is 4.98 Å². The Morgan fingerprint density at radius 3 is 2.71 bits per heavy atom. The fraction of sp³-hybridized carbons (Fsp3) is 0.812. The molecule has 1 N–H and O–H groups in total. The van der Waals surface area contributed by atoms with Crippen LogP contribution in [0.25, 0.3) is 0 Å². The molecule has 3 aliphatic rings. The third-order valence-corrected chi connectivity index (χ3v) is 5.04. The van der Waals surface area contributed by atoms with E-state index in [2.05, 4.69) is 38.6 Å². The highest BCUT2D eigenvalue weighted by atomic mass is 15.4. The smallest absolute Gasteiger partial charge is 0.108 e. The van der Waals surface area contributed by atoms with Gasteiger partial charge in [-0.2, -0.15) is 0 Å². The summed E-state index contributed by atoms with van der Waals surface area (Å²) in [5.74, 6) is 1.20. The van der Waals surface area contributed by atoms with Crippen LogP contribution in [0.5, 0.6) is 0 Å². The molecule has 0 spiro atoms. The van der Waals surface area contributed by atoms with Crippen molar-refractivity contribution in [1.29, 1.82) is 0 Å². The van der Waals surface area contributed by atoms with Crippen molar-refractivity contribution in [3.8, 4) is 0 Å². The van der Waals surface area contributed by atoms with Crippen molar-refractivity contribution in [3.63, 3.8) is 0 Å². The van der Waals surface area contributed by atoms with Crippen LogP contribution in [0, 0.1) is 0 Å². The first-order chi connectivity index (χ1) is 10.3. The van der Waals surface area contributed by atoms with Crippen LogP contribution in [-0.4, -0.2) is 70.7 Å². The quantitative estimate of drug-likeness (QED) is 0.803. The maximum Gasteiger partial charge on any atom is 0.108 e. The Bertz CT molecular complexity index is 436. The molecule has 1 aromatic heterocycles. The number of aromatic nitrogens is 2. The Hall–Kier alpha value is -0.910. The summed E-state index contributed by atoms with van der Waals surface area (Å²) < 4.78 is 2.15. The maximum atomic E-state index is 4.47. The number of piperazine rings is 3. The van der Waals surface area contributed by atoms with Crippen LogP contribution in [0.3, 0.4) is 0 Å². The van der Waals surface area contributed by atoms with E-state index in [0.29, 0.717) is 12.1 Å². The van der Waals surface area contributed by atoms with Gasteiger partial charge in [0.25, 0.3) is 0 Å². The van der Waals surface area contributed by atoms with Crippen LogP contribution in [0.1, 0.15) is 25.6 Å². The molecule has 2 bridgehead atoms. The molecule has 4 rings (SSSR count). The van der Waals surface area contributed by atoms with Gasteiger partial charge >= 0.3 is 0 Å². The van der Waals surface area contributed by atoms with Gasteiger partial charge in [0.1, 0.15) is 5.82 Å². The largest absolute Gasteiger partial charge is 0.338 e. The van der Waals surface area contributed by atoms with Crippen molar-refractivity contribution in [2.45, 2.75) is 38.3 Å². The number of nitrogens with one attached hydrogen (secondary N) is 1. The first-order valence-corrected chi connectivity index (χ1v) is 8.44. The van der Waals surface area contributed by atoms with E-state index in [4.69, 9.17) is 0 Å². The van der Waals surface area contributed by atoms with Crippen LogP contribution in [-0.2, 0) is 13.5 Å². The second kappa shape index (κ2) is 6.90. The van der Waals surface area contributed by atoms with Crippen LogP contribution in [0.15, 0.2) is 12.4 Å². The lowest BCUT2D eigenvalue weighted by Gasteiger charge is -2.50. The predicted molar refractivity (Wildman–Crippen MR) is 85.4 cm³/mol. The lowest BCUT2D eigenvalue weighted by atomic mass is 9.96. The van der Waals surface area contributed by atoms with Gasteiger partial charge in [-0.05, 0) is 19.4 Å². The molecular formula is C16H29N5. The van der Waals surface area contributed by atoms with Gasteiger partial charge < -0.3 is 9.88 Å². The van der Waals surface area contributed by atoms with E-state index in [1.165, 1.54) is 51.4 Å². The fourth-order valence-electron chi connectivity index (χ4n) is 3.72. The van der Waals surface area contributed by atoms with Crippen molar-refractivity contribution in [2.24, 2.45) is 7.05 Å². The number of imidazole rings is 1. The molecule has 2 unspecified atom stereocenters. The van der Waals surface area contributed by atoms with Crippen molar-refractivity contribution in [2.75, 3.05) is 39.3 Å². The summed E-state index contributed by atoms with van der Waals surface area (Å²) >= 11 is 0. The normalized spacial score (nSPS) is 29.7. The highest BCUT2D eigenvalue weighted by Crippen LogP contribution is 2.20. The van der Waals surface area contributed by atoms with Crippen molar-refractivity contribution in [1.82, 2.24) is 24.7 Å². The molecular weight excluding hydrogens is 262 g/mol. The SMILES string of the molecule is CCCNC(CCc1nccn1C)C1CN2CCN1CC2. The van der Waals surface area contributed by atoms with Crippen LogP contribution >= 0.6 is 0 Å². The molecule has 21 heavy (non-hydrogen) atoms. The van der Waals surface area contributed by atoms with E-state index in [0.717, 1.165) is 13.0 Å². The lowest BCUT2D eigenvalue weighted by Crippen LogP contribution is -2.66. The first kappa shape index (κ1) is 15.0. The standard InChI is InChI=1S/C16H29N5/c1-3-6-17-14(4-5-16-18-7-8-19(16)2)15-13-20-9-11-21(15)12-10-20/h7-8,14-15,17H,3-6,9-13H2,1-2H3. The molecule has 0 saturated carbocycles. The number of aryl methyl sites for hydroxylation is 2. The summed E-state index contributed by atoms with van der Waals surface area (Å²) in [5, 5.41) is 3.80. The third kappa shape index (κ3) is 3.47. The molecule has 0 aliphatic carbocycles. The molecule has 0 aromatic carbocycles. The zero-order valence-electron chi connectivity index (χ0n) is 13.5. The molecule has 1 aromatic rings. The summed E-state index contributed by atoms with van der Waals surface area (Å²) in [6.45, 7) is 9.62. The molecule has 2 atom stereocenters. The molecule has 5 heteroatoms. The zero-order valence-corrected chi connectivity index (χ0v) is 13.5. The van der Waals surface area contributed by atoms with E-state index in [1.807, 2.05) is 12.4 Å². The van der Waals surface area contributed by atoms with Gasteiger partial charge in [-0.1, -0.05) is 6.92 Å². The summed E-state index contributed by atoms with van der Waals surface area (Å²) in [6, 6.07) is 1.27. The number of rotatable bonds is 7. The topological polar surface area (TPSA) is 36.3 Å². The van der Waals surface area contributed by atoms with E-state index >= 15 is 0 Å². The monoisotopic (exact) mass is 291 g/mol. The number of nitrogens with zero attached hydrogens (tertiary/aromatic N) is 4. The van der Waals surface area contributed by atoms with Crippen LogP contribution in [0.2, 0.25) is 0 Å². The molecule has 0 amide bonds. The molecule has 4 heterocycles. The minimum atomic E-state index is 0.588. The highest BCUT2D eigenvalue weighted by Gasteiger charge is 2.36. The van der Waals surface area contributed by atoms with Crippen LogP contribution < -0.4 is 5.32 Å². The van der Waals surface area contributed by atoms with Crippen LogP contribution in [0.4, 0.5) is 0 Å². The van der Waals surface area contributed by atoms with Gasteiger partial charge in [0.15, 0.2) is 0 Å². The van der Waals surface area contributed by atoms with E-state index in [9.17, 15) is 0 Å². The molecule has 5 nitrogen and oxygen atoms in total. The van der Waals surface area contributed by atoms with Gasteiger partial charge in [0.05, 0.1) is 0 Å². The second-order valence-corrected chi connectivity index (χ2v) is 6.46. The molecule has 3 fully saturated rings. The van der Waals surface area contributed by atoms with E-state index in [1.54, 1.807) is 0 Å². The van der Waals surface area contributed by atoms with Gasteiger partial charge in [0.2, 0.25) is 0 Å². The summed E-state index contributed by atoms with van der Waals surface area (Å²) in [6.07, 6.45) is 7.40. The average Bonchev–Trinajstić information content (AvgIpc) is 2.94. The molecule has 0 radical (unpaired) electrons. The zero-order chi connectivity index (χ0) is 14.7. The fourth-order valence-corrected chi connectivity index (χ4v) is 3.72. The Kier molecular flexibility index (Phi) is 4.93. The Labute approximate surface area is 128 Å². The Balaban J connectivity index is 1.61. The highest BCUT2D eigenvalue weighted by molar-refractivity contribution is 4.98. The number of hydrogen-bond donors (Lipinski definition) is 1. The minimum Gasteiger partial charge on any atom is -0.338 e. The van der Waals surface area contributed by atoms with Crippen molar-refractivity contribution in [3.05, 3.63) is 18.2 Å². The molecule has 3 saturated heterocycles. The summed E-state index contributed by atoms with van der Waals surface area (Å²) in [7, 11) is 2.09. The number of fused-ring (bicyclic) bond motifs is 3. The first-order valence-electron chi connectivity index (χ1n) is 8.44. The summed E-state index contributed by atoms with van der Waals surface area (Å²) in [5.41, 5.74) is 0.